The van der Waals surface area contributed by atoms with Gasteiger partial charge in [-0.1, -0.05) is 12.1 Å². The van der Waals surface area contributed by atoms with E-state index in [-0.39, 0.29) is 11.9 Å². The maximum atomic E-state index is 11.7. The van der Waals surface area contributed by atoms with Gasteiger partial charge >= 0.3 is 0 Å². The Hall–Kier alpha value is -1.51. The molecule has 3 nitrogen and oxygen atoms in total. The number of ether oxygens (including phenoxy) is 1. The molecule has 3 heteroatoms. The van der Waals surface area contributed by atoms with Gasteiger partial charge in [0.1, 0.15) is 5.75 Å². The van der Waals surface area contributed by atoms with E-state index in [2.05, 4.69) is 5.32 Å². The van der Waals surface area contributed by atoms with Gasteiger partial charge in [-0.3, -0.25) is 4.79 Å². The molecule has 0 saturated heterocycles. The third-order valence-electron chi connectivity index (χ3n) is 2.66. The topological polar surface area (TPSA) is 38.3 Å². The van der Waals surface area contributed by atoms with Gasteiger partial charge in [-0.05, 0) is 51.8 Å². The predicted octanol–water partition coefficient (Wildman–Crippen LogP) is 2.60. The second kappa shape index (κ2) is 5.71. The minimum atomic E-state index is -0.474. The van der Waals surface area contributed by atoms with Crippen LogP contribution in [0.2, 0.25) is 0 Å². The van der Waals surface area contributed by atoms with E-state index in [0.717, 1.165) is 11.3 Å². The van der Waals surface area contributed by atoms with E-state index in [1.165, 1.54) is 5.56 Å². The van der Waals surface area contributed by atoms with Crippen molar-refractivity contribution in [3.05, 3.63) is 29.3 Å². The standard InChI is InChI=1S/C14H21NO2/c1-9(2)15-14(16)12(5)17-13-8-6-7-10(3)11(13)4/h6-9,12H,1-5H3,(H,15,16)/t12-/m1/s1. The fourth-order valence-corrected chi connectivity index (χ4v) is 1.50. The van der Waals surface area contributed by atoms with Gasteiger partial charge in [-0.15, -0.1) is 0 Å². The van der Waals surface area contributed by atoms with Crippen LogP contribution in [-0.4, -0.2) is 18.1 Å². The van der Waals surface area contributed by atoms with Crippen molar-refractivity contribution < 1.29 is 9.53 Å². The van der Waals surface area contributed by atoms with Crippen LogP contribution < -0.4 is 10.1 Å². The molecule has 1 atom stereocenters. The van der Waals surface area contributed by atoms with Crippen molar-refractivity contribution in [2.75, 3.05) is 0 Å². The Kier molecular flexibility index (Phi) is 4.55. The summed E-state index contributed by atoms with van der Waals surface area (Å²) >= 11 is 0. The Balaban J connectivity index is 2.71. The van der Waals surface area contributed by atoms with E-state index in [0.29, 0.717) is 0 Å². The van der Waals surface area contributed by atoms with E-state index >= 15 is 0 Å². The van der Waals surface area contributed by atoms with Crippen LogP contribution in [0, 0.1) is 13.8 Å². The summed E-state index contributed by atoms with van der Waals surface area (Å²) in [4.78, 5) is 11.7. The molecular weight excluding hydrogens is 214 g/mol. The van der Waals surface area contributed by atoms with Crippen molar-refractivity contribution in [2.45, 2.75) is 46.8 Å². The smallest absolute Gasteiger partial charge is 0.260 e. The molecule has 0 aliphatic heterocycles. The molecule has 1 rings (SSSR count). The van der Waals surface area contributed by atoms with Gasteiger partial charge in [0.15, 0.2) is 6.10 Å². The lowest BCUT2D eigenvalue weighted by atomic mass is 10.1. The quantitative estimate of drug-likeness (QED) is 0.871. The van der Waals surface area contributed by atoms with Crippen molar-refractivity contribution in [3.63, 3.8) is 0 Å². The third kappa shape index (κ3) is 3.77. The van der Waals surface area contributed by atoms with E-state index in [9.17, 15) is 4.79 Å². The summed E-state index contributed by atoms with van der Waals surface area (Å²) in [5, 5.41) is 2.83. The Morgan fingerprint density at radius 2 is 1.88 bits per heavy atom. The molecule has 1 amide bonds. The summed E-state index contributed by atoms with van der Waals surface area (Å²) in [6.45, 7) is 9.66. The highest BCUT2D eigenvalue weighted by atomic mass is 16.5. The average Bonchev–Trinajstić information content (AvgIpc) is 2.23. The number of aryl methyl sites for hydroxylation is 1. The second-order valence-corrected chi connectivity index (χ2v) is 4.62. The first-order valence-electron chi connectivity index (χ1n) is 5.95. The van der Waals surface area contributed by atoms with E-state index in [4.69, 9.17) is 4.74 Å². The van der Waals surface area contributed by atoms with Crippen LogP contribution in [0.5, 0.6) is 5.75 Å². The number of rotatable bonds is 4. The number of nitrogens with one attached hydrogen (secondary N) is 1. The number of amides is 1. The summed E-state index contributed by atoms with van der Waals surface area (Å²) in [6.07, 6.45) is -0.474. The van der Waals surface area contributed by atoms with Crippen molar-refractivity contribution in [3.8, 4) is 5.75 Å². The van der Waals surface area contributed by atoms with Gasteiger partial charge in [0, 0.05) is 6.04 Å². The molecule has 0 heterocycles. The van der Waals surface area contributed by atoms with Gasteiger partial charge in [0.2, 0.25) is 0 Å². The Morgan fingerprint density at radius 3 is 2.47 bits per heavy atom. The molecule has 94 valence electrons. The normalized spacial score (nSPS) is 12.4. The highest BCUT2D eigenvalue weighted by Gasteiger charge is 2.16. The zero-order chi connectivity index (χ0) is 13.0. The van der Waals surface area contributed by atoms with E-state index in [1.807, 2.05) is 45.9 Å². The minimum Gasteiger partial charge on any atom is -0.481 e. The summed E-state index contributed by atoms with van der Waals surface area (Å²) in [7, 11) is 0. The van der Waals surface area contributed by atoms with Crippen LogP contribution in [0.15, 0.2) is 18.2 Å². The molecule has 0 spiro atoms. The molecule has 1 aromatic carbocycles. The van der Waals surface area contributed by atoms with Crippen LogP contribution >= 0.6 is 0 Å². The number of benzene rings is 1. The predicted molar refractivity (Wildman–Crippen MR) is 69.3 cm³/mol. The minimum absolute atomic E-state index is 0.0825. The third-order valence-corrected chi connectivity index (χ3v) is 2.66. The molecule has 17 heavy (non-hydrogen) atoms. The zero-order valence-electron chi connectivity index (χ0n) is 11.2. The van der Waals surface area contributed by atoms with Crippen molar-refractivity contribution >= 4 is 5.91 Å². The largest absolute Gasteiger partial charge is 0.481 e. The lowest BCUT2D eigenvalue weighted by molar-refractivity contribution is -0.127. The summed E-state index contributed by atoms with van der Waals surface area (Å²) in [6, 6.07) is 5.99. The Bertz CT molecular complexity index is 399. The van der Waals surface area contributed by atoms with Crippen LogP contribution in [0.3, 0.4) is 0 Å². The van der Waals surface area contributed by atoms with Crippen molar-refractivity contribution in [2.24, 2.45) is 0 Å². The molecule has 0 unspecified atom stereocenters. The Morgan fingerprint density at radius 1 is 1.24 bits per heavy atom. The number of carbonyl (C=O) groups is 1. The number of hydrogen-bond donors (Lipinski definition) is 1. The molecule has 0 bridgehead atoms. The average molecular weight is 235 g/mol. The van der Waals surface area contributed by atoms with Crippen LogP contribution in [0.4, 0.5) is 0 Å². The maximum Gasteiger partial charge on any atom is 0.260 e. The summed E-state index contributed by atoms with van der Waals surface area (Å²) in [5.74, 6) is 0.692. The van der Waals surface area contributed by atoms with E-state index < -0.39 is 6.10 Å². The zero-order valence-corrected chi connectivity index (χ0v) is 11.2. The molecule has 0 radical (unpaired) electrons. The first-order valence-corrected chi connectivity index (χ1v) is 5.95. The Labute approximate surface area is 103 Å². The van der Waals surface area contributed by atoms with Crippen LogP contribution in [0.1, 0.15) is 31.9 Å². The highest BCUT2D eigenvalue weighted by molar-refractivity contribution is 5.80. The second-order valence-electron chi connectivity index (χ2n) is 4.62. The fourth-order valence-electron chi connectivity index (χ4n) is 1.50. The first-order chi connectivity index (χ1) is 7.91. The van der Waals surface area contributed by atoms with Gasteiger partial charge in [0.25, 0.3) is 5.91 Å². The van der Waals surface area contributed by atoms with E-state index in [1.54, 1.807) is 6.92 Å². The van der Waals surface area contributed by atoms with Gasteiger partial charge < -0.3 is 10.1 Å². The molecule has 0 fully saturated rings. The molecule has 1 aromatic rings. The summed E-state index contributed by atoms with van der Waals surface area (Å²) in [5.41, 5.74) is 2.25. The summed E-state index contributed by atoms with van der Waals surface area (Å²) < 4.78 is 5.68. The molecule has 1 N–H and O–H groups in total. The van der Waals surface area contributed by atoms with Gasteiger partial charge in [-0.25, -0.2) is 0 Å². The van der Waals surface area contributed by atoms with Crippen molar-refractivity contribution in [1.82, 2.24) is 5.32 Å². The van der Waals surface area contributed by atoms with Crippen LogP contribution in [-0.2, 0) is 4.79 Å². The number of hydrogen-bond acceptors (Lipinski definition) is 2. The van der Waals surface area contributed by atoms with Crippen molar-refractivity contribution in [1.29, 1.82) is 0 Å². The molecule has 0 aliphatic carbocycles. The SMILES string of the molecule is Cc1cccc(O[C@H](C)C(=O)NC(C)C)c1C. The highest BCUT2D eigenvalue weighted by Crippen LogP contribution is 2.21. The maximum absolute atomic E-state index is 11.7. The molecule has 0 aromatic heterocycles. The number of carbonyl (C=O) groups excluding carboxylic acids is 1. The van der Waals surface area contributed by atoms with Gasteiger partial charge in [0.05, 0.1) is 0 Å². The lowest BCUT2D eigenvalue weighted by Gasteiger charge is -2.18. The molecule has 0 saturated carbocycles. The monoisotopic (exact) mass is 235 g/mol. The first kappa shape index (κ1) is 13.6. The molecule has 0 aliphatic rings. The van der Waals surface area contributed by atoms with Crippen LogP contribution in [0.25, 0.3) is 0 Å². The fraction of sp³-hybridized carbons (Fsp3) is 0.500. The molecular formula is C14H21NO2. The van der Waals surface area contributed by atoms with Gasteiger partial charge in [-0.2, -0.15) is 0 Å². The lowest BCUT2D eigenvalue weighted by Crippen LogP contribution is -2.40.